The molecular weight excluding hydrogens is 436 g/mol. The number of amides is 1. The molecule has 0 aromatic heterocycles. The zero-order valence-electron chi connectivity index (χ0n) is 15.7. The number of hydrogen-bond acceptors (Lipinski definition) is 7. The van der Waals surface area contributed by atoms with Gasteiger partial charge in [-0.25, -0.2) is 13.6 Å². The Morgan fingerprint density at radius 3 is 2.60 bits per heavy atom. The average molecular weight is 453 g/mol. The highest BCUT2D eigenvalue weighted by atomic mass is 35.5. The Morgan fingerprint density at radius 1 is 1.33 bits per heavy atom. The number of nitrogens with zero attached hydrogens (tertiary/aromatic N) is 3. The van der Waals surface area contributed by atoms with Crippen LogP contribution in [0.2, 0.25) is 5.02 Å². The van der Waals surface area contributed by atoms with Crippen molar-refractivity contribution in [2.45, 2.75) is 18.2 Å². The molecule has 0 radical (unpaired) electrons. The van der Waals surface area contributed by atoms with E-state index in [9.17, 15) is 23.3 Å². The largest absolute Gasteiger partial charge is 0.477 e. The molecule has 0 spiro atoms. The van der Waals surface area contributed by atoms with Crippen LogP contribution in [0.25, 0.3) is 0 Å². The van der Waals surface area contributed by atoms with Gasteiger partial charge in [-0.15, -0.1) is 0 Å². The molecule has 0 aliphatic heterocycles. The van der Waals surface area contributed by atoms with Gasteiger partial charge in [-0.1, -0.05) is 11.6 Å². The van der Waals surface area contributed by atoms with Crippen molar-refractivity contribution in [3.8, 4) is 11.8 Å². The number of nitro groups is 1. The van der Waals surface area contributed by atoms with Crippen LogP contribution in [0, 0.1) is 28.4 Å². The van der Waals surface area contributed by atoms with Crippen molar-refractivity contribution >= 4 is 38.9 Å². The fourth-order valence-electron chi connectivity index (χ4n) is 2.51. The van der Waals surface area contributed by atoms with Crippen molar-refractivity contribution in [1.82, 2.24) is 0 Å². The predicted molar refractivity (Wildman–Crippen MR) is 109 cm³/mol. The lowest BCUT2D eigenvalue weighted by Crippen LogP contribution is -2.35. The first-order valence-electron chi connectivity index (χ1n) is 8.42. The SMILES string of the molecule is Cc1cc(N(CCC#N)C(=O)COc2ccc(S(N)(=O)=O)cc2[N+](=O)[O-])ccc1Cl. The predicted octanol–water partition coefficient (Wildman–Crippen LogP) is 2.53. The second-order valence-corrected chi connectivity index (χ2v) is 8.08. The summed E-state index contributed by atoms with van der Waals surface area (Å²) in [5.74, 6) is -0.856. The lowest BCUT2D eigenvalue weighted by atomic mass is 10.2. The number of carbonyl (C=O) groups is 1. The minimum absolute atomic E-state index is 0.0522. The minimum atomic E-state index is -4.15. The van der Waals surface area contributed by atoms with Gasteiger partial charge < -0.3 is 9.64 Å². The van der Waals surface area contributed by atoms with E-state index in [2.05, 4.69) is 0 Å². The lowest BCUT2D eigenvalue weighted by molar-refractivity contribution is -0.386. The maximum Gasteiger partial charge on any atom is 0.312 e. The lowest BCUT2D eigenvalue weighted by Gasteiger charge is -2.22. The fourth-order valence-corrected chi connectivity index (χ4v) is 3.16. The third kappa shape index (κ3) is 5.66. The highest BCUT2D eigenvalue weighted by molar-refractivity contribution is 7.89. The molecular formula is C18H17ClN4O6S. The first-order valence-corrected chi connectivity index (χ1v) is 10.3. The molecule has 2 aromatic rings. The number of rotatable bonds is 8. The molecule has 0 atom stereocenters. The van der Waals surface area contributed by atoms with E-state index in [-0.39, 0.29) is 18.7 Å². The smallest absolute Gasteiger partial charge is 0.312 e. The van der Waals surface area contributed by atoms with E-state index in [0.29, 0.717) is 10.7 Å². The number of primary sulfonamides is 1. The summed E-state index contributed by atoms with van der Waals surface area (Å²) in [5.41, 5.74) is 0.555. The van der Waals surface area contributed by atoms with E-state index in [1.165, 1.54) is 4.90 Å². The third-order valence-electron chi connectivity index (χ3n) is 4.01. The van der Waals surface area contributed by atoms with Crippen LogP contribution in [-0.4, -0.2) is 32.4 Å². The number of carbonyl (C=O) groups excluding carboxylic acids is 1. The zero-order valence-corrected chi connectivity index (χ0v) is 17.3. The monoisotopic (exact) mass is 452 g/mol. The Kier molecular flexibility index (Phi) is 7.33. The molecule has 0 unspecified atom stereocenters. The normalized spacial score (nSPS) is 10.9. The highest BCUT2D eigenvalue weighted by Gasteiger charge is 2.23. The van der Waals surface area contributed by atoms with Crippen molar-refractivity contribution in [2.75, 3.05) is 18.1 Å². The van der Waals surface area contributed by atoms with Crippen molar-refractivity contribution in [2.24, 2.45) is 5.14 Å². The Balaban J connectivity index is 2.27. The summed E-state index contributed by atoms with van der Waals surface area (Å²) in [6, 6.07) is 9.68. The van der Waals surface area contributed by atoms with Crippen molar-refractivity contribution in [3.05, 3.63) is 57.1 Å². The van der Waals surface area contributed by atoms with Crippen LogP contribution in [0.4, 0.5) is 11.4 Å². The summed E-state index contributed by atoms with van der Waals surface area (Å²) in [5, 5.41) is 25.6. The van der Waals surface area contributed by atoms with Gasteiger partial charge >= 0.3 is 5.69 Å². The number of hydrogen-bond donors (Lipinski definition) is 1. The van der Waals surface area contributed by atoms with Crippen molar-refractivity contribution in [1.29, 1.82) is 5.26 Å². The first-order chi connectivity index (χ1) is 14.0. The molecule has 0 saturated carbocycles. The fraction of sp³-hybridized carbons (Fsp3) is 0.222. The van der Waals surface area contributed by atoms with E-state index < -0.39 is 38.0 Å². The number of sulfonamides is 1. The molecule has 10 nitrogen and oxygen atoms in total. The molecule has 2 N–H and O–H groups in total. The molecule has 2 aromatic carbocycles. The maximum atomic E-state index is 12.7. The van der Waals surface area contributed by atoms with Gasteiger partial charge in [0.2, 0.25) is 10.0 Å². The second kappa shape index (κ2) is 9.53. The number of halogens is 1. The molecule has 158 valence electrons. The number of ether oxygens (including phenoxy) is 1. The Hall–Kier alpha value is -3.20. The first kappa shape index (κ1) is 23.1. The maximum absolute atomic E-state index is 12.7. The molecule has 0 aliphatic rings. The molecule has 2 rings (SSSR count). The van der Waals surface area contributed by atoms with Gasteiger partial charge in [-0.2, -0.15) is 5.26 Å². The molecule has 0 saturated heterocycles. The van der Waals surface area contributed by atoms with Crippen LogP contribution in [0.1, 0.15) is 12.0 Å². The molecule has 0 heterocycles. The van der Waals surface area contributed by atoms with Gasteiger partial charge in [0.1, 0.15) is 0 Å². The van der Waals surface area contributed by atoms with E-state index in [1.807, 2.05) is 6.07 Å². The van der Waals surface area contributed by atoms with E-state index in [1.54, 1.807) is 25.1 Å². The average Bonchev–Trinajstić information content (AvgIpc) is 2.68. The topological polar surface area (TPSA) is 157 Å². The van der Waals surface area contributed by atoms with Gasteiger partial charge in [-0.3, -0.25) is 14.9 Å². The summed E-state index contributed by atoms with van der Waals surface area (Å²) >= 11 is 6.01. The van der Waals surface area contributed by atoms with E-state index in [4.69, 9.17) is 26.7 Å². The third-order valence-corrected chi connectivity index (χ3v) is 5.34. The van der Waals surface area contributed by atoms with Crippen LogP contribution in [-0.2, 0) is 14.8 Å². The van der Waals surface area contributed by atoms with Gasteiger partial charge in [0, 0.05) is 23.3 Å². The van der Waals surface area contributed by atoms with E-state index >= 15 is 0 Å². The van der Waals surface area contributed by atoms with Gasteiger partial charge in [0.25, 0.3) is 5.91 Å². The number of anilines is 1. The summed E-state index contributed by atoms with van der Waals surface area (Å²) in [6.45, 7) is 1.25. The Bertz CT molecular complexity index is 1130. The second-order valence-electron chi connectivity index (χ2n) is 6.11. The highest BCUT2D eigenvalue weighted by Crippen LogP contribution is 2.30. The van der Waals surface area contributed by atoms with Crippen LogP contribution < -0.4 is 14.8 Å². The summed E-state index contributed by atoms with van der Waals surface area (Å²) in [7, 11) is -4.15. The van der Waals surface area contributed by atoms with Crippen LogP contribution >= 0.6 is 11.6 Å². The van der Waals surface area contributed by atoms with E-state index in [0.717, 1.165) is 23.8 Å². The van der Waals surface area contributed by atoms with Crippen molar-refractivity contribution in [3.63, 3.8) is 0 Å². The summed E-state index contributed by atoms with van der Waals surface area (Å²) in [6.07, 6.45) is 0.0522. The molecule has 0 aliphatic carbocycles. The molecule has 12 heteroatoms. The van der Waals surface area contributed by atoms with Crippen molar-refractivity contribution < 1.29 is 22.9 Å². The molecule has 0 bridgehead atoms. The van der Waals surface area contributed by atoms with Crippen LogP contribution in [0.3, 0.4) is 0 Å². The number of benzene rings is 2. The van der Waals surface area contributed by atoms with Gasteiger partial charge in [-0.05, 0) is 42.8 Å². The number of aryl methyl sites for hydroxylation is 1. The number of nitriles is 1. The number of nitrogens with two attached hydrogens (primary N) is 1. The van der Waals surface area contributed by atoms with Gasteiger partial charge in [0.15, 0.2) is 12.4 Å². The summed E-state index contributed by atoms with van der Waals surface area (Å²) < 4.78 is 28.1. The molecule has 1 amide bonds. The van der Waals surface area contributed by atoms with Crippen LogP contribution in [0.5, 0.6) is 5.75 Å². The quantitative estimate of drug-likeness (QED) is 0.476. The Morgan fingerprint density at radius 2 is 2.03 bits per heavy atom. The molecule has 30 heavy (non-hydrogen) atoms. The molecule has 0 fully saturated rings. The standard InChI is InChI=1S/C18H17ClN4O6S/c1-12-9-13(3-5-15(12)19)22(8-2-7-20)18(24)11-29-17-6-4-14(30(21,27)28)10-16(17)23(25)26/h3-6,9-10H,2,8,11H2,1H3,(H2,21,27,28). The Labute approximate surface area is 177 Å². The summed E-state index contributed by atoms with van der Waals surface area (Å²) in [4.78, 5) is 24.0. The minimum Gasteiger partial charge on any atom is -0.477 e. The number of nitro benzene ring substituents is 1. The van der Waals surface area contributed by atoms with Crippen LogP contribution in [0.15, 0.2) is 41.3 Å². The van der Waals surface area contributed by atoms with Gasteiger partial charge in [0.05, 0.1) is 22.3 Å². The zero-order chi connectivity index (χ0) is 22.5.